The minimum Gasteiger partial charge on any atom is -0.294 e. The average molecular weight is 381 g/mol. The lowest BCUT2D eigenvalue weighted by molar-refractivity contribution is -0.385. The van der Waals surface area contributed by atoms with Crippen LogP contribution in [0.25, 0.3) is 0 Å². The summed E-state index contributed by atoms with van der Waals surface area (Å²) in [6, 6.07) is 13.3. The Kier molecular flexibility index (Phi) is 7.34. The molecule has 0 unspecified atom stereocenters. The molecule has 0 N–H and O–H groups in total. The van der Waals surface area contributed by atoms with Crippen molar-refractivity contribution in [1.29, 1.82) is 5.26 Å². The first kappa shape index (κ1) is 20.7. The van der Waals surface area contributed by atoms with Crippen LogP contribution in [0, 0.1) is 31.6 Å². The third-order valence-corrected chi connectivity index (χ3v) is 4.40. The largest absolute Gasteiger partial charge is 0.294 e. The van der Waals surface area contributed by atoms with Crippen molar-refractivity contribution in [3.63, 3.8) is 0 Å². The molecule has 144 valence electrons. The fraction of sp³-hybridized carbons (Fsp3) is 0.300. The number of Topliss-reactive ketones (excluding diaryl/α,β-unsaturated/α-hetero) is 1. The highest BCUT2D eigenvalue weighted by atomic mass is 16.6. The van der Waals surface area contributed by atoms with Gasteiger partial charge in [-0.05, 0) is 25.7 Å². The number of nitro benzene ring substituents is 2. The summed E-state index contributed by atoms with van der Waals surface area (Å²) in [5, 5.41) is 29.6. The second kappa shape index (κ2) is 9.92. The van der Waals surface area contributed by atoms with Crippen LogP contribution in [-0.2, 0) is 12.8 Å². The Hall–Kier alpha value is -3.60. The molecular weight excluding hydrogens is 362 g/mol. The molecule has 3 rings (SSSR count). The van der Waals surface area contributed by atoms with Crippen molar-refractivity contribution in [3.8, 4) is 6.07 Å². The minimum atomic E-state index is -0.419. The lowest BCUT2D eigenvalue weighted by Gasteiger charge is -2.13. The van der Waals surface area contributed by atoms with E-state index in [1.807, 2.05) is 6.07 Å². The molecule has 0 fully saturated rings. The van der Waals surface area contributed by atoms with Crippen molar-refractivity contribution in [1.82, 2.24) is 0 Å². The monoisotopic (exact) mass is 381 g/mol. The number of ketones is 1. The quantitative estimate of drug-likeness (QED) is 0.424. The lowest BCUT2D eigenvalue weighted by Crippen LogP contribution is -2.12. The van der Waals surface area contributed by atoms with Crippen molar-refractivity contribution in [2.24, 2.45) is 0 Å². The van der Waals surface area contributed by atoms with E-state index in [1.54, 1.807) is 30.3 Å². The van der Waals surface area contributed by atoms with Gasteiger partial charge in [-0.2, -0.15) is 5.26 Å². The third-order valence-electron chi connectivity index (χ3n) is 4.40. The van der Waals surface area contributed by atoms with E-state index in [4.69, 9.17) is 5.26 Å². The van der Waals surface area contributed by atoms with Crippen molar-refractivity contribution in [2.75, 3.05) is 0 Å². The van der Waals surface area contributed by atoms with Gasteiger partial charge >= 0.3 is 0 Å². The van der Waals surface area contributed by atoms with E-state index in [1.165, 1.54) is 12.1 Å². The second-order valence-corrected chi connectivity index (χ2v) is 6.23. The molecule has 2 aromatic carbocycles. The van der Waals surface area contributed by atoms with Gasteiger partial charge in [0.25, 0.3) is 11.4 Å². The van der Waals surface area contributed by atoms with Crippen LogP contribution in [0.5, 0.6) is 0 Å². The highest BCUT2D eigenvalue weighted by Crippen LogP contribution is 2.29. The van der Waals surface area contributed by atoms with Gasteiger partial charge in [0.1, 0.15) is 0 Å². The van der Waals surface area contributed by atoms with Crippen molar-refractivity contribution in [2.45, 2.75) is 38.5 Å². The number of carbonyl (C=O) groups excluding carboxylic acids is 1. The predicted octanol–water partition coefficient (Wildman–Crippen LogP) is 4.55. The molecule has 28 heavy (non-hydrogen) atoms. The number of nitrogens with zero attached hydrogens (tertiary/aromatic N) is 3. The Morgan fingerprint density at radius 2 is 1.64 bits per heavy atom. The Morgan fingerprint density at radius 3 is 2.32 bits per heavy atom. The summed E-state index contributed by atoms with van der Waals surface area (Å²) in [4.78, 5) is 31.9. The summed E-state index contributed by atoms with van der Waals surface area (Å²) >= 11 is 0. The van der Waals surface area contributed by atoms with Gasteiger partial charge in [0.05, 0.1) is 15.9 Å². The maximum Gasteiger partial charge on any atom is 0.273 e. The molecule has 0 saturated carbocycles. The highest BCUT2D eigenvalue weighted by molar-refractivity contribution is 5.99. The molecule has 0 atom stereocenters. The van der Waals surface area contributed by atoms with Crippen LogP contribution in [0.3, 0.4) is 0 Å². The molecule has 1 aliphatic carbocycles. The van der Waals surface area contributed by atoms with Gasteiger partial charge in [0.15, 0.2) is 5.78 Å². The standard InChI is InChI=1S/C10H10N2O2.C10H9NO3/c11-8-4-3-6-9-5-1-2-7-10(9)12(13)14;12-10-6-2-3-7-8(10)4-1-5-9(7)11(13)14/h1-2,5,7H,3-4,6H2;1,4-5H,2-3,6H2. The number of aryl methyl sites for hydroxylation is 1. The Bertz CT molecular complexity index is 919. The van der Waals surface area contributed by atoms with Crippen LogP contribution in [0.4, 0.5) is 11.4 Å². The first-order valence-electron chi connectivity index (χ1n) is 8.84. The number of para-hydroxylation sites is 1. The molecule has 0 aliphatic heterocycles. The number of nitro groups is 2. The molecule has 0 radical (unpaired) electrons. The average Bonchev–Trinajstić information content (AvgIpc) is 2.69. The Labute approximate surface area is 161 Å². The maximum absolute atomic E-state index is 11.4. The number of benzene rings is 2. The van der Waals surface area contributed by atoms with Crippen LogP contribution >= 0.6 is 0 Å². The van der Waals surface area contributed by atoms with E-state index < -0.39 is 4.92 Å². The van der Waals surface area contributed by atoms with E-state index >= 15 is 0 Å². The number of fused-ring (bicyclic) bond motifs is 1. The molecule has 8 nitrogen and oxygen atoms in total. The van der Waals surface area contributed by atoms with Crippen LogP contribution in [0.2, 0.25) is 0 Å². The molecule has 0 aromatic heterocycles. The summed E-state index contributed by atoms with van der Waals surface area (Å²) in [7, 11) is 0. The summed E-state index contributed by atoms with van der Waals surface area (Å²) in [5.41, 5.74) is 2.06. The van der Waals surface area contributed by atoms with E-state index in [0.717, 1.165) is 6.42 Å². The number of unbranched alkanes of at least 4 members (excludes halogenated alkanes) is 1. The van der Waals surface area contributed by atoms with Gasteiger partial charge in [0, 0.05) is 41.7 Å². The topological polar surface area (TPSA) is 127 Å². The number of rotatable bonds is 5. The zero-order valence-corrected chi connectivity index (χ0v) is 15.2. The van der Waals surface area contributed by atoms with Crippen LogP contribution in [0.15, 0.2) is 42.5 Å². The molecular formula is C20H19N3O5. The maximum atomic E-state index is 11.4. The van der Waals surface area contributed by atoms with Gasteiger partial charge in [-0.3, -0.25) is 25.0 Å². The lowest BCUT2D eigenvalue weighted by atomic mass is 9.89. The van der Waals surface area contributed by atoms with E-state index in [-0.39, 0.29) is 22.1 Å². The van der Waals surface area contributed by atoms with Gasteiger partial charge in [-0.1, -0.05) is 30.3 Å². The molecule has 8 heteroatoms. The molecule has 1 aliphatic rings. The fourth-order valence-electron chi connectivity index (χ4n) is 3.09. The predicted molar refractivity (Wildman–Crippen MR) is 102 cm³/mol. The van der Waals surface area contributed by atoms with E-state index in [2.05, 4.69) is 0 Å². The van der Waals surface area contributed by atoms with Gasteiger partial charge in [-0.15, -0.1) is 0 Å². The molecule has 0 bridgehead atoms. The Morgan fingerprint density at radius 1 is 0.964 bits per heavy atom. The number of carbonyl (C=O) groups is 1. The van der Waals surface area contributed by atoms with Gasteiger partial charge < -0.3 is 0 Å². The zero-order chi connectivity index (χ0) is 20.5. The fourth-order valence-corrected chi connectivity index (χ4v) is 3.09. The summed E-state index contributed by atoms with van der Waals surface area (Å²) < 4.78 is 0. The van der Waals surface area contributed by atoms with E-state index in [9.17, 15) is 25.0 Å². The van der Waals surface area contributed by atoms with Crippen LogP contribution in [-0.4, -0.2) is 15.6 Å². The third kappa shape index (κ3) is 5.20. The normalized spacial score (nSPS) is 12.2. The number of hydrogen-bond donors (Lipinski definition) is 0. The zero-order valence-electron chi connectivity index (χ0n) is 15.2. The number of nitriles is 1. The summed E-state index contributed by atoms with van der Waals surface area (Å²) in [6.45, 7) is 0. The molecule has 0 heterocycles. The highest BCUT2D eigenvalue weighted by Gasteiger charge is 2.24. The smallest absolute Gasteiger partial charge is 0.273 e. The second-order valence-electron chi connectivity index (χ2n) is 6.23. The number of hydrogen-bond acceptors (Lipinski definition) is 6. The molecule has 0 spiro atoms. The van der Waals surface area contributed by atoms with Crippen molar-refractivity contribution in [3.05, 3.63) is 79.4 Å². The minimum absolute atomic E-state index is 0.0231. The van der Waals surface area contributed by atoms with E-state index in [0.29, 0.717) is 48.8 Å². The summed E-state index contributed by atoms with van der Waals surface area (Å²) in [5.74, 6) is 0.0231. The summed E-state index contributed by atoms with van der Waals surface area (Å²) in [6.07, 6.45) is 3.56. The van der Waals surface area contributed by atoms with Gasteiger partial charge in [-0.25, -0.2) is 0 Å². The molecule has 0 saturated heterocycles. The van der Waals surface area contributed by atoms with Crippen LogP contribution < -0.4 is 0 Å². The first-order valence-corrected chi connectivity index (χ1v) is 8.84. The molecule has 2 aromatic rings. The van der Waals surface area contributed by atoms with Crippen molar-refractivity contribution >= 4 is 17.2 Å². The van der Waals surface area contributed by atoms with Crippen molar-refractivity contribution < 1.29 is 14.6 Å². The molecule has 0 amide bonds. The first-order chi connectivity index (χ1) is 13.5. The Balaban J connectivity index is 0.000000200. The van der Waals surface area contributed by atoms with Crippen LogP contribution in [0.1, 0.15) is 47.2 Å². The SMILES string of the molecule is N#CCCCc1ccccc1[N+](=O)[O-].O=C1CCCc2c1cccc2[N+](=O)[O-]. The van der Waals surface area contributed by atoms with Gasteiger partial charge in [0.2, 0.25) is 0 Å².